The molecular weight excluding hydrogens is 378 g/mol. The van der Waals surface area contributed by atoms with Crippen molar-refractivity contribution < 1.29 is 9.32 Å². The molecule has 0 aliphatic carbocycles. The number of hydrogen-bond donors (Lipinski definition) is 1. The first-order valence-corrected chi connectivity index (χ1v) is 9.74. The van der Waals surface area contributed by atoms with E-state index in [1.54, 1.807) is 13.0 Å². The Morgan fingerprint density at radius 3 is 2.63 bits per heavy atom. The van der Waals surface area contributed by atoms with Crippen molar-refractivity contribution in [3.63, 3.8) is 0 Å². The number of rotatable bonds is 4. The fourth-order valence-corrected chi connectivity index (χ4v) is 3.69. The van der Waals surface area contributed by atoms with Crippen LogP contribution in [0.3, 0.4) is 0 Å². The highest BCUT2D eigenvalue weighted by Crippen LogP contribution is 2.28. The molecule has 3 heterocycles. The lowest BCUT2D eigenvalue weighted by molar-refractivity contribution is 0.102. The largest absolute Gasteiger partial charge is 0.335 e. The van der Waals surface area contributed by atoms with Crippen LogP contribution in [0.1, 0.15) is 23.0 Å². The maximum atomic E-state index is 13.3. The van der Waals surface area contributed by atoms with E-state index < -0.39 is 0 Å². The summed E-state index contributed by atoms with van der Waals surface area (Å²) in [5.41, 5.74) is 4.75. The number of hydrogen-bond acceptors (Lipinski definition) is 5. The third-order valence-electron chi connectivity index (χ3n) is 5.13. The van der Waals surface area contributed by atoms with Crippen LogP contribution < -0.4 is 5.32 Å². The fraction of sp³-hybridized carbons (Fsp3) is 0.130. The van der Waals surface area contributed by atoms with Crippen molar-refractivity contribution in [1.82, 2.24) is 19.7 Å². The first-order chi connectivity index (χ1) is 14.7. The van der Waals surface area contributed by atoms with Crippen LogP contribution in [0.2, 0.25) is 0 Å². The zero-order valence-electron chi connectivity index (χ0n) is 16.6. The van der Waals surface area contributed by atoms with Crippen LogP contribution in [0, 0.1) is 6.92 Å². The molecule has 30 heavy (non-hydrogen) atoms. The van der Waals surface area contributed by atoms with Gasteiger partial charge in [0.2, 0.25) is 5.95 Å². The zero-order chi connectivity index (χ0) is 20.7. The summed E-state index contributed by atoms with van der Waals surface area (Å²) in [7, 11) is 0. The lowest BCUT2D eigenvalue weighted by Crippen LogP contribution is -2.16. The van der Waals surface area contributed by atoms with Gasteiger partial charge in [-0.15, -0.1) is 0 Å². The van der Waals surface area contributed by atoms with Crippen molar-refractivity contribution in [3.8, 4) is 11.3 Å². The predicted octanol–water partition coefficient (Wildman–Crippen LogP) is 4.82. The van der Waals surface area contributed by atoms with Gasteiger partial charge in [-0.25, -0.2) is 9.97 Å². The lowest BCUT2D eigenvalue weighted by atomic mass is 10.1. The summed E-state index contributed by atoms with van der Waals surface area (Å²) < 4.78 is 7.36. The van der Waals surface area contributed by atoms with Crippen molar-refractivity contribution >= 4 is 34.0 Å². The highest BCUT2D eigenvalue weighted by molar-refractivity contribution is 6.12. The number of nitrogens with zero attached hydrogens (tertiary/aromatic N) is 4. The van der Waals surface area contributed by atoms with Gasteiger partial charge in [-0.3, -0.25) is 10.1 Å². The van der Waals surface area contributed by atoms with E-state index in [4.69, 9.17) is 4.52 Å². The van der Waals surface area contributed by atoms with E-state index >= 15 is 0 Å². The third-order valence-corrected chi connectivity index (χ3v) is 5.13. The maximum absolute atomic E-state index is 13.3. The second-order valence-electron chi connectivity index (χ2n) is 6.99. The first-order valence-electron chi connectivity index (χ1n) is 9.74. The van der Waals surface area contributed by atoms with Crippen LogP contribution in [0.4, 0.5) is 5.95 Å². The zero-order valence-corrected chi connectivity index (χ0v) is 16.6. The molecule has 0 aliphatic heterocycles. The average molecular weight is 397 g/mol. The molecule has 0 aliphatic rings. The third kappa shape index (κ3) is 2.91. The molecule has 0 bridgehead atoms. The quantitative estimate of drug-likeness (QED) is 0.470. The number of fused-ring (bicyclic) bond motifs is 2. The molecule has 7 heteroatoms. The number of carbonyl (C=O) groups is 1. The van der Waals surface area contributed by atoms with E-state index in [2.05, 4.69) is 20.4 Å². The summed E-state index contributed by atoms with van der Waals surface area (Å²) in [6.07, 6.45) is 0. The lowest BCUT2D eigenvalue weighted by Gasteiger charge is -2.09. The number of nitrogens with one attached hydrogen (secondary N) is 1. The van der Waals surface area contributed by atoms with Gasteiger partial charge < -0.3 is 9.09 Å². The van der Waals surface area contributed by atoms with E-state index in [9.17, 15) is 4.79 Å². The molecule has 0 saturated carbocycles. The Morgan fingerprint density at radius 2 is 1.83 bits per heavy atom. The van der Waals surface area contributed by atoms with E-state index in [0.717, 1.165) is 16.6 Å². The minimum absolute atomic E-state index is 0.282. The van der Waals surface area contributed by atoms with Gasteiger partial charge in [-0.1, -0.05) is 47.6 Å². The number of imidazole rings is 1. The first kappa shape index (κ1) is 18.1. The molecular formula is C23H19N5O2. The molecule has 0 fully saturated rings. The van der Waals surface area contributed by atoms with E-state index in [0.29, 0.717) is 40.5 Å². The van der Waals surface area contributed by atoms with Gasteiger partial charge in [0.25, 0.3) is 11.6 Å². The van der Waals surface area contributed by atoms with Gasteiger partial charge in [0.15, 0.2) is 0 Å². The molecule has 0 unspecified atom stereocenters. The van der Waals surface area contributed by atoms with Gasteiger partial charge in [-0.2, -0.15) is 0 Å². The minimum atomic E-state index is -0.282. The molecule has 0 saturated heterocycles. The summed E-state index contributed by atoms with van der Waals surface area (Å²) in [4.78, 5) is 22.5. The molecule has 1 amide bonds. The van der Waals surface area contributed by atoms with E-state index in [1.807, 2.05) is 66.1 Å². The summed E-state index contributed by atoms with van der Waals surface area (Å²) in [5.74, 6) is 0.222. The van der Waals surface area contributed by atoms with E-state index in [-0.39, 0.29) is 5.91 Å². The van der Waals surface area contributed by atoms with Crippen LogP contribution in [-0.2, 0) is 6.54 Å². The number of para-hydroxylation sites is 2. The molecule has 5 aromatic rings. The fourth-order valence-electron chi connectivity index (χ4n) is 3.69. The number of aryl methyl sites for hydroxylation is 2. The number of carbonyl (C=O) groups excluding carboxylic acids is 1. The second-order valence-corrected chi connectivity index (χ2v) is 6.99. The molecule has 148 valence electrons. The maximum Gasteiger partial charge on any atom is 0.259 e. The number of benzene rings is 2. The highest BCUT2D eigenvalue weighted by atomic mass is 16.5. The van der Waals surface area contributed by atoms with Crippen molar-refractivity contribution in [1.29, 1.82) is 0 Å². The molecule has 0 spiro atoms. The van der Waals surface area contributed by atoms with Crippen LogP contribution in [-0.4, -0.2) is 25.6 Å². The number of aromatic nitrogens is 4. The normalized spacial score (nSPS) is 11.3. The smallest absolute Gasteiger partial charge is 0.259 e. The van der Waals surface area contributed by atoms with Crippen LogP contribution in [0.5, 0.6) is 0 Å². The van der Waals surface area contributed by atoms with Gasteiger partial charge in [0, 0.05) is 12.1 Å². The Bertz CT molecular complexity index is 1390. The Hall–Kier alpha value is -4.00. The van der Waals surface area contributed by atoms with Crippen molar-refractivity contribution in [2.45, 2.75) is 20.4 Å². The summed E-state index contributed by atoms with van der Waals surface area (Å²) in [6, 6.07) is 19.3. The minimum Gasteiger partial charge on any atom is -0.335 e. The molecule has 7 nitrogen and oxygen atoms in total. The predicted molar refractivity (Wildman–Crippen MR) is 115 cm³/mol. The highest BCUT2D eigenvalue weighted by Gasteiger charge is 2.21. The molecule has 1 N–H and O–H groups in total. The average Bonchev–Trinajstić information content (AvgIpc) is 3.33. The SMILES string of the molecule is CCn1c(NC(=O)c2cc(-c3ccccc3)nc3onc(C)c23)nc2ccccc21. The van der Waals surface area contributed by atoms with Gasteiger partial charge in [-0.05, 0) is 32.0 Å². The van der Waals surface area contributed by atoms with Crippen molar-refractivity contribution in [2.75, 3.05) is 5.32 Å². The second kappa shape index (κ2) is 7.11. The monoisotopic (exact) mass is 397 g/mol. The Kier molecular flexibility index (Phi) is 4.28. The van der Waals surface area contributed by atoms with Crippen LogP contribution >= 0.6 is 0 Å². The van der Waals surface area contributed by atoms with Crippen molar-refractivity contribution in [3.05, 3.63) is 71.9 Å². The van der Waals surface area contributed by atoms with Crippen LogP contribution in [0.15, 0.2) is 65.2 Å². The van der Waals surface area contributed by atoms with Gasteiger partial charge in [0.1, 0.15) is 0 Å². The molecule has 0 radical (unpaired) electrons. The number of pyridine rings is 1. The summed E-state index contributed by atoms with van der Waals surface area (Å²) >= 11 is 0. The van der Waals surface area contributed by atoms with Gasteiger partial charge in [0.05, 0.1) is 33.4 Å². The molecule has 0 atom stereocenters. The van der Waals surface area contributed by atoms with Crippen molar-refractivity contribution in [2.24, 2.45) is 0 Å². The topological polar surface area (TPSA) is 85.8 Å². The van der Waals surface area contributed by atoms with E-state index in [1.165, 1.54) is 0 Å². The summed E-state index contributed by atoms with van der Waals surface area (Å²) in [5, 5.41) is 7.58. The number of amides is 1. The molecule has 3 aromatic heterocycles. The molecule has 5 rings (SSSR count). The summed E-state index contributed by atoms with van der Waals surface area (Å²) in [6.45, 7) is 4.50. The Balaban J connectivity index is 1.62. The Morgan fingerprint density at radius 1 is 1.07 bits per heavy atom. The van der Waals surface area contributed by atoms with Gasteiger partial charge >= 0.3 is 0 Å². The number of anilines is 1. The molecule has 2 aromatic carbocycles. The van der Waals surface area contributed by atoms with Crippen LogP contribution in [0.25, 0.3) is 33.4 Å². The Labute approximate surface area is 172 Å². The standard InChI is InChI=1S/C23H19N5O2/c1-3-28-19-12-8-7-11-17(19)25-23(28)26-21(29)16-13-18(15-9-5-4-6-10-15)24-22-20(16)14(2)27-30-22/h4-13H,3H2,1-2H3,(H,25,26,29).